The summed E-state index contributed by atoms with van der Waals surface area (Å²) in [6.07, 6.45) is 5.18. The number of H-pyrrole nitrogens is 1. The molecule has 3 aromatic heterocycles. The van der Waals surface area contributed by atoms with Crippen molar-refractivity contribution in [2.45, 2.75) is 51.2 Å². The minimum absolute atomic E-state index is 0.311. The van der Waals surface area contributed by atoms with Crippen molar-refractivity contribution in [2.75, 3.05) is 13.2 Å². The largest absolute Gasteiger partial charge is 0.375 e. The fourth-order valence-electron chi connectivity index (χ4n) is 4.34. The van der Waals surface area contributed by atoms with Gasteiger partial charge in [0.15, 0.2) is 11.6 Å². The van der Waals surface area contributed by atoms with Crippen molar-refractivity contribution in [3.05, 3.63) is 41.6 Å². The Labute approximate surface area is 163 Å². The van der Waals surface area contributed by atoms with Gasteiger partial charge in [-0.25, -0.2) is 9.97 Å². The molecular formula is C20H25N7O. The molecule has 1 saturated heterocycles. The molecule has 1 aliphatic heterocycles. The number of hydrogen-bond donors (Lipinski definition) is 2. The molecule has 0 amide bonds. The highest BCUT2D eigenvalue weighted by atomic mass is 16.5. The first-order chi connectivity index (χ1) is 13.7. The van der Waals surface area contributed by atoms with E-state index in [1.54, 1.807) is 6.20 Å². The van der Waals surface area contributed by atoms with Crippen molar-refractivity contribution < 1.29 is 4.74 Å². The van der Waals surface area contributed by atoms with E-state index in [4.69, 9.17) is 19.8 Å². The molecule has 0 unspecified atom stereocenters. The van der Waals surface area contributed by atoms with Crippen LogP contribution in [0.3, 0.4) is 0 Å². The number of aromatic amines is 1. The Hall–Kier alpha value is -2.58. The summed E-state index contributed by atoms with van der Waals surface area (Å²) in [6, 6.07) is 6.38. The van der Waals surface area contributed by atoms with Gasteiger partial charge >= 0.3 is 0 Å². The SMILES string of the molecule is Cc1cccc(-n2nc(-c3cn[nH]c3C)nc2[C@H]2CC[C@H]3OCCN[C@@H]3C2)n1. The summed E-state index contributed by atoms with van der Waals surface area (Å²) < 4.78 is 7.87. The van der Waals surface area contributed by atoms with Gasteiger partial charge in [-0.05, 0) is 45.2 Å². The third-order valence-corrected chi connectivity index (χ3v) is 5.79. The number of rotatable bonds is 3. The molecule has 0 aromatic carbocycles. The molecular weight excluding hydrogens is 354 g/mol. The van der Waals surface area contributed by atoms with Gasteiger partial charge in [-0.2, -0.15) is 9.78 Å². The second kappa shape index (κ2) is 7.10. The Morgan fingerprint density at radius 2 is 2.11 bits per heavy atom. The summed E-state index contributed by atoms with van der Waals surface area (Å²) in [5, 5.41) is 15.6. The molecule has 2 fully saturated rings. The normalized spacial score (nSPS) is 24.9. The number of nitrogens with one attached hydrogen (secondary N) is 2. The van der Waals surface area contributed by atoms with Crippen molar-refractivity contribution in [3.63, 3.8) is 0 Å². The standard InChI is InChI=1S/C20H25N7O/c1-12-4-3-5-18(23-12)27-20(24-19(26-27)15-11-22-25-13(15)2)14-6-7-17-16(10-14)21-8-9-28-17/h3-5,11,14,16-17,21H,6-10H2,1-2H3,(H,22,25)/t14-,16+,17+/m0/s1. The Balaban J connectivity index is 1.55. The molecule has 0 spiro atoms. The third kappa shape index (κ3) is 3.12. The summed E-state index contributed by atoms with van der Waals surface area (Å²) in [6.45, 7) is 5.70. The van der Waals surface area contributed by atoms with Crippen molar-refractivity contribution in [2.24, 2.45) is 0 Å². The molecule has 0 bridgehead atoms. The highest BCUT2D eigenvalue weighted by molar-refractivity contribution is 5.56. The van der Waals surface area contributed by atoms with E-state index < -0.39 is 0 Å². The van der Waals surface area contributed by atoms with Crippen molar-refractivity contribution in [1.82, 2.24) is 35.3 Å². The number of aryl methyl sites for hydroxylation is 2. The number of morpholine rings is 1. The molecule has 2 N–H and O–H groups in total. The zero-order chi connectivity index (χ0) is 19.1. The summed E-state index contributed by atoms with van der Waals surface area (Å²) in [4.78, 5) is 9.66. The van der Waals surface area contributed by atoms with E-state index in [2.05, 4.69) is 15.5 Å². The van der Waals surface area contributed by atoms with E-state index in [0.717, 1.165) is 61.0 Å². The monoisotopic (exact) mass is 379 g/mol. The van der Waals surface area contributed by atoms with Crippen LogP contribution in [0.15, 0.2) is 24.4 Å². The molecule has 8 nitrogen and oxygen atoms in total. The quantitative estimate of drug-likeness (QED) is 0.725. The summed E-state index contributed by atoms with van der Waals surface area (Å²) in [5.74, 6) is 2.79. The smallest absolute Gasteiger partial charge is 0.185 e. The summed E-state index contributed by atoms with van der Waals surface area (Å²) >= 11 is 0. The van der Waals surface area contributed by atoms with Crippen LogP contribution in [0.4, 0.5) is 0 Å². The van der Waals surface area contributed by atoms with Gasteiger partial charge in [-0.1, -0.05) is 6.07 Å². The first-order valence-corrected chi connectivity index (χ1v) is 9.95. The van der Waals surface area contributed by atoms with Gasteiger partial charge in [0.1, 0.15) is 5.82 Å². The number of aromatic nitrogens is 6. The van der Waals surface area contributed by atoms with Gasteiger partial charge in [-0.15, -0.1) is 5.10 Å². The fraction of sp³-hybridized carbons (Fsp3) is 0.500. The van der Waals surface area contributed by atoms with Crippen LogP contribution in [0.1, 0.15) is 42.4 Å². The van der Waals surface area contributed by atoms with Gasteiger partial charge in [0.05, 0.1) is 24.5 Å². The van der Waals surface area contributed by atoms with Crippen molar-refractivity contribution in [3.8, 4) is 17.2 Å². The van der Waals surface area contributed by atoms with Crippen LogP contribution in [-0.2, 0) is 4.74 Å². The van der Waals surface area contributed by atoms with Crippen LogP contribution in [0.2, 0.25) is 0 Å². The average Bonchev–Trinajstić information content (AvgIpc) is 3.34. The summed E-state index contributed by atoms with van der Waals surface area (Å²) in [7, 11) is 0. The first-order valence-electron chi connectivity index (χ1n) is 9.95. The molecule has 4 heterocycles. The van der Waals surface area contributed by atoms with Crippen LogP contribution in [0, 0.1) is 13.8 Å². The van der Waals surface area contributed by atoms with Gasteiger partial charge in [0.25, 0.3) is 0 Å². The van der Waals surface area contributed by atoms with E-state index >= 15 is 0 Å². The molecule has 1 aliphatic carbocycles. The lowest BCUT2D eigenvalue weighted by molar-refractivity contribution is -0.0280. The second-order valence-electron chi connectivity index (χ2n) is 7.73. The number of fused-ring (bicyclic) bond motifs is 1. The zero-order valence-electron chi connectivity index (χ0n) is 16.2. The van der Waals surface area contributed by atoms with Gasteiger partial charge in [0, 0.05) is 29.9 Å². The van der Waals surface area contributed by atoms with Gasteiger partial charge in [0.2, 0.25) is 0 Å². The number of nitrogens with zero attached hydrogens (tertiary/aromatic N) is 5. The van der Waals surface area contributed by atoms with Crippen LogP contribution in [0.5, 0.6) is 0 Å². The maximum atomic E-state index is 5.95. The van der Waals surface area contributed by atoms with Crippen molar-refractivity contribution in [1.29, 1.82) is 0 Å². The Bertz CT molecular complexity index is 979. The molecule has 3 atom stereocenters. The fourth-order valence-corrected chi connectivity index (χ4v) is 4.34. The molecule has 146 valence electrons. The Kier molecular flexibility index (Phi) is 4.44. The predicted octanol–water partition coefficient (Wildman–Crippen LogP) is 2.29. The molecule has 8 heteroatoms. The Morgan fingerprint density at radius 1 is 1.18 bits per heavy atom. The maximum Gasteiger partial charge on any atom is 0.185 e. The molecule has 2 aliphatic rings. The molecule has 0 radical (unpaired) electrons. The minimum Gasteiger partial charge on any atom is -0.375 e. The summed E-state index contributed by atoms with van der Waals surface area (Å²) in [5.41, 5.74) is 2.86. The maximum absolute atomic E-state index is 5.95. The van der Waals surface area contributed by atoms with E-state index in [1.807, 2.05) is 36.7 Å². The lowest BCUT2D eigenvalue weighted by atomic mass is 9.82. The lowest BCUT2D eigenvalue weighted by Gasteiger charge is -2.39. The van der Waals surface area contributed by atoms with E-state index in [-0.39, 0.29) is 0 Å². The van der Waals surface area contributed by atoms with Crippen molar-refractivity contribution >= 4 is 0 Å². The second-order valence-corrected chi connectivity index (χ2v) is 7.73. The number of ether oxygens (including phenoxy) is 1. The highest BCUT2D eigenvalue weighted by Gasteiger charge is 2.36. The van der Waals surface area contributed by atoms with E-state index in [1.165, 1.54) is 0 Å². The van der Waals surface area contributed by atoms with E-state index in [0.29, 0.717) is 23.9 Å². The average molecular weight is 379 g/mol. The Morgan fingerprint density at radius 3 is 2.93 bits per heavy atom. The van der Waals surface area contributed by atoms with Gasteiger partial charge in [-0.3, -0.25) is 5.10 Å². The molecule has 5 rings (SSSR count). The lowest BCUT2D eigenvalue weighted by Crippen LogP contribution is -2.51. The number of pyridine rings is 1. The van der Waals surface area contributed by atoms with E-state index in [9.17, 15) is 0 Å². The van der Waals surface area contributed by atoms with Crippen LogP contribution in [-0.4, -0.2) is 55.2 Å². The molecule has 28 heavy (non-hydrogen) atoms. The predicted molar refractivity (Wildman–Crippen MR) is 104 cm³/mol. The number of hydrogen-bond acceptors (Lipinski definition) is 6. The first kappa shape index (κ1) is 17.5. The third-order valence-electron chi connectivity index (χ3n) is 5.79. The molecule has 3 aromatic rings. The van der Waals surface area contributed by atoms with Gasteiger partial charge < -0.3 is 10.1 Å². The topological polar surface area (TPSA) is 93.5 Å². The highest BCUT2D eigenvalue weighted by Crippen LogP contribution is 2.36. The zero-order valence-corrected chi connectivity index (χ0v) is 16.2. The van der Waals surface area contributed by atoms with Crippen LogP contribution in [0.25, 0.3) is 17.2 Å². The van der Waals surface area contributed by atoms with Crippen LogP contribution < -0.4 is 5.32 Å². The van der Waals surface area contributed by atoms with Crippen LogP contribution >= 0.6 is 0 Å². The molecule has 1 saturated carbocycles. The minimum atomic E-state index is 0.311.